The van der Waals surface area contributed by atoms with Crippen LogP contribution in [0, 0.1) is 0 Å². The highest BCUT2D eigenvalue weighted by molar-refractivity contribution is 9.11. The van der Waals surface area contributed by atoms with E-state index in [1.54, 1.807) is 12.1 Å². The molecular weight excluding hydrogens is 340 g/mol. The molecule has 0 atom stereocenters. The van der Waals surface area contributed by atoms with Crippen molar-refractivity contribution >= 4 is 43.4 Å². The molecule has 0 aliphatic heterocycles. The topological polar surface area (TPSA) is 43.4 Å². The molecule has 82 valence electrons. The second-order valence-electron chi connectivity index (χ2n) is 3.22. The third kappa shape index (κ3) is 1.74. The van der Waals surface area contributed by atoms with Gasteiger partial charge in [0.1, 0.15) is 0 Å². The van der Waals surface area contributed by atoms with Gasteiger partial charge in [-0.25, -0.2) is 0 Å². The van der Waals surface area contributed by atoms with Crippen molar-refractivity contribution in [3.63, 3.8) is 0 Å². The minimum absolute atomic E-state index is 0.0718. The Morgan fingerprint density at radius 1 is 1.19 bits per heavy atom. The third-order valence-electron chi connectivity index (χ3n) is 2.25. The number of methoxy groups -OCH3 is 1. The highest BCUT2D eigenvalue weighted by atomic mass is 79.9. The summed E-state index contributed by atoms with van der Waals surface area (Å²) in [7, 11) is 1.37. The molecule has 0 aromatic heterocycles. The second-order valence-corrected chi connectivity index (χ2v) is 4.99. The molecule has 5 heteroatoms. The molecule has 3 nitrogen and oxygen atoms in total. The highest BCUT2D eigenvalue weighted by Crippen LogP contribution is 2.31. The van der Waals surface area contributed by atoms with Crippen molar-refractivity contribution in [2.75, 3.05) is 7.11 Å². The van der Waals surface area contributed by atoms with Crippen LogP contribution in [0.5, 0.6) is 0 Å². The lowest BCUT2D eigenvalue weighted by Gasteiger charge is -2.15. The smallest absolute Gasteiger partial charge is 0.228 e. The predicted octanol–water partition coefficient (Wildman–Crippen LogP) is 3.12. The molecule has 1 aromatic rings. The summed E-state index contributed by atoms with van der Waals surface area (Å²) < 4.78 is 6.20. The van der Waals surface area contributed by atoms with Gasteiger partial charge in [0.15, 0.2) is 11.5 Å². The first-order valence-corrected chi connectivity index (χ1v) is 5.97. The van der Waals surface area contributed by atoms with E-state index < -0.39 is 0 Å². The zero-order valence-electron chi connectivity index (χ0n) is 8.21. The first-order chi connectivity index (χ1) is 7.54. The molecule has 16 heavy (non-hydrogen) atoms. The summed E-state index contributed by atoms with van der Waals surface area (Å²) in [5.74, 6) is -0.438. The Kier molecular flexibility index (Phi) is 2.99. The van der Waals surface area contributed by atoms with Gasteiger partial charge in [0.2, 0.25) is 5.78 Å². The van der Waals surface area contributed by atoms with Crippen molar-refractivity contribution < 1.29 is 14.3 Å². The Bertz CT molecular complexity index is 532. The number of carbonyl (C=O) groups is 2. The van der Waals surface area contributed by atoms with Crippen molar-refractivity contribution in [2.45, 2.75) is 0 Å². The number of carbonyl (C=O) groups excluding carboxylic acids is 2. The summed E-state index contributed by atoms with van der Waals surface area (Å²) in [4.78, 5) is 23.7. The number of rotatable bonds is 1. The normalized spacial score (nSPS) is 14.6. The van der Waals surface area contributed by atoms with E-state index in [0.717, 1.165) is 4.47 Å². The first-order valence-electron chi connectivity index (χ1n) is 4.38. The number of fused-ring (bicyclic) bond motifs is 1. The number of halogens is 2. The summed E-state index contributed by atoms with van der Waals surface area (Å²) in [6.45, 7) is 0. The number of ketones is 2. The lowest BCUT2D eigenvalue weighted by Crippen LogP contribution is -2.18. The zero-order chi connectivity index (χ0) is 11.9. The van der Waals surface area contributed by atoms with Crippen molar-refractivity contribution in [3.05, 3.63) is 44.0 Å². The van der Waals surface area contributed by atoms with Gasteiger partial charge >= 0.3 is 0 Å². The molecule has 0 N–H and O–H groups in total. The molecule has 0 radical (unpaired) electrons. The van der Waals surface area contributed by atoms with E-state index in [4.69, 9.17) is 4.74 Å². The monoisotopic (exact) mass is 344 g/mol. The second kappa shape index (κ2) is 4.14. The van der Waals surface area contributed by atoms with Gasteiger partial charge in [0.25, 0.3) is 0 Å². The number of hydrogen-bond acceptors (Lipinski definition) is 3. The highest BCUT2D eigenvalue weighted by Gasteiger charge is 2.28. The van der Waals surface area contributed by atoms with E-state index in [1.165, 1.54) is 13.2 Å². The van der Waals surface area contributed by atoms with E-state index >= 15 is 0 Å². The molecule has 0 saturated carbocycles. The van der Waals surface area contributed by atoms with Gasteiger partial charge < -0.3 is 4.74 Å². The van der Waals surface area contributed by atoms with Gasteiger partial charge in [-0.1, -0.05) is 15.9 Å². The molecule has 2 rings (SSSR count). The number of hydrogen-bond donors (Lipinski definition) is 0. The average Bonchev–Trinajstić information content (AvgIpc) is 2.22. The van der Waals surface area contributed by atoms with E-state index in [0.29, 0.717) is 15.6 Å². The predicted molar refractivity (Wildman–Crippen MR) is 65.6 cm³/mol. The van der Waals surface area contributed by atoms with Crippen LogP contribution in [0.4, 0.5) is 0 Å². The number of ether oxygens (including phenoxy) is 1. The Morgan fingerprint density at radius 3 is 2.50 bits per heavy atom. The van der Waals surface area contributed by atoms with Gasteiger partial charge in [0, 0.05) is 26.1 Å². The Morgan fingerprint density at radius 2 is 1.88 bits per heavy atom. The van der Waals surface area contributed by atoms with Crippen LogP contribution in [0.1, 0.15) is 20.7 Å². The summed E-state index contributed by atoms with van der Waals surface area (Å²) in [5, 5.41) is 0. The molecule has 0 bridgehead atoms. The van der Waals surface area contributed by atoms with Crippen LogP contribution in [-0.4, -0.2) is 18.7 Å². The van der Waals surface area contributed by atoms with Crippen LogP contribution in [0.3, 0.4) is 0 Å². The van der Waals surface area contributed by atoms with Crippen LogP contribution in [-0.2, 0) is 4.74 Å². The molecule has 0 amide bonds. The van der Waals surface area contributed by atoms with Crippen LogP contribution in [0.2, 0.25) is 0 Å². The van der Waals surface area contributed by atoms with E-state index in [1.807, 2.05) is 0 Å². The van der Waals surface area contributed by atoms with Crippen molar-refractivity contribution in [1.29, 1.82) is 0 Å². The van der Waals surface area contributed by atoms with Crippen LogP contribution >= 0.6 is 31.9 Å². The minimum atomic E-state index is -0.279. The molecule has 0 heterocycles. The Labute approximate surface area is 109 Å². The minimum Gasteiger partial charge on any atom is -0.492 e. The molecule has 0 fully saturated rings. The van der Waals surface area contributed by atoms with Crippen LogP contribution < -0.4 is 0 Å². The summed E-state index contributed by atoms with van der Waals surface area (Å²) in [6, 6.07) is 3.35. The fourth-order valence-corrected chi connectivity index (χ4v) is 2.96. The molecular formula is C11H6Br2O3. The van der Waals surface area contributed by atoms with E-state index in [-0.39, 0.29) is 17.3 Å². The Hall–Kier alpha value is -0.940. The molecule has 1 aliphatic carbocycles. The van der Waals surface area contributed by atoms with Crippen molar-refractivity contribution in [3.8, 4) is 0 Å². The standard InChI is InChI=1S/C11H6Br2O3/c1-16-9-4-8(14)10-6(11(9)15)2-5(12)3-7(10)13/h2-4H,1H3. The fraction of sp³-hybridized carbons (Fsp3) is 0.0909. The lowest BCUT2D eigenvalue weighted by molar-refractivity contribution is 0.0916. The molecule has 1 aromatic carbocycles. The maximum absolute atomic E-state index is 11.9. The number of allylic oxidation sites excluding steroid dienone is 2. The van der Waals surface area contributed by atoms with Gasteiger partial charge in [-0.05, 0) is 28.1 Å². The third-order valence-corrected chi connectivity index (χ3v) is 3.34. The van der Waals surface area contributed by atoms with E-state index in [2.05, 4.69) is 31.9 Å². The van der Waals surface area contributed by atoms with Crippen LogP contribution in [0.25, 0.3) is 0 Å². The summed E-state index contributed by atoms with van der Waals surface area (Å²) in [6.07, 6.45) is 1.21. The van der Waals surface area contributed by atoms with Gasteiger partial charge in [0.05, 0.1) is 7.11 Å². The lowest BCUT2D eigenvalue weighted by atomic mass is 9.94. The maximum Gasteiger partial charge on any atom is 0.228 e. The number of Topliss-reactive ketones (excluding diaryl/α,β-unsaturated/α-hetero) is 1. The molecule has 0 unspecified atom stereocenters. The zero-order valence-corrected chi connectivity index (χ0v) is 11.4. The molecule has 0 spiro atoms. The molecule has 0 saturated heterocycles. The largest absolute Gasteiger partial charge is 0.492 e. The quantitative estimate of drug-likeness (QED) is 0.785. The Balaban J connectivity index is 2.71. The van der Waals surface area contributed by atoms with Gasteiger partial charge in [-0.15, -0.1) is 0 Å². The molecule has 1 aliphatic rings. The van der Waals surface area contributed by atoms with Gasteiger partial charge in [-0.2, -0.15) is 0 Å². The SMILES string of the molecule is COC1=CC(=O)c2c(Br)cc(Br)cc2C1=O. The average molecular weight is 346 g/mol. The van der Waals surface area contributed by atoms with Crippen molar-refractivity contribution in [1.82, 2.24) is 0 Å². The van der Waals surface area contributed by atoms with E-state index in [9.17, 15) is 9.59 Å². The maximum atomic E-state index is 11.9. The summed E-state index contributed by atoms with van der Waals surface area (Å²) in [5.41, 5.74) is 0.736. The number of benzene rings is 1. The van der Waals surface area contributed by atoms with Gasteiger partial charge in [-0.3, -0.25) is 9.59 Å². The summed E-state index contributed by atoms with van der Waals surface area (Å²) >= 11 is 6.55. The van der Waals surface area contributed by atoms with Crippen LogP contribution in [0.15, 0.2) is 32.9 Å². The van der Waals surface area contributed by atoms with Crippen molar-refractivity contribution in [2.24, 2.45) is 0 Å². The fourth-order valence-electron chi connectivity index (χ4n) is 1.54. The first kappa shape index (κ1) is 11.5.